The second-order valence-corrected chi connectivity index (χ2v) is 8.73. The Kier molecular flexibility index (Phi) is 10.3. The second-order valence-electron chi connectivity index (χ2n) is 8.73. The molecular formula is C27H34F3N7O. The lowest BCUT2D eigenvalue weighted by Gasteiger charge is -2.32. The highest BCUT2D eigenvalue weighted by atomic mass is 19.3. The minimum Gasteiger partial charge on any atom is -0.415 e. The van der Waals surface area contributed by atoms with Crippen molar-refractivity contribution >= 4 is 17.6 Å². The summed E-state index contributed by atoms with van der Waals surface area (Å²) in [7, 11) is 3.58. The number of hydrogen-bond acceptors (Lipinski definition) is 8. The molecule has 2 aromatic carbocycles. The Bertz CT molecular complexity index is 1210. The summed E-state index contributed by atoms with van der Waals surface area (Å²) in [6, 6.07) is 9.81. The number of alkyl halides is 2. The average molecular weight is 530 g/mol. The quantitative estimate of drug-likeness (QED) is 0.366. The van der Waals surface area contributed by atoms with Crippen molar-refractivity contribution in [1.82, 2.24) is 20.0 Å². The molecule has 38 heavy (non-hydrogen) atoms. The Labute approximate surface area is 221 Å². The van der Waals surface area contributed by atoms with Crippen LogP contribution in [0.15, 0.2) is 53.6 Å². The largest absolute Gasteiger partial charge is 0.415 e. The number of likely N-dealkylation sites (N-methyl/N-ethyl adjacent to an activating group) is 1. The number of hydrogen-bond donors (Lipinski definition) is 2. The van der Waals surface area contributed by atoms with Gasteiger partial charge in [0, 0.05) is 81.1 Å². The van der Waals surface area contributed by atoms with Gasteiger partial charge in [0.25, 0.3) is 5.89 Å². The van der Waals surface area contributed by atoms with Crippen LogP contribution in [0.3, 0.4) is 0 Å². The Hall–Kier alpha value is -3.86. The van der Waals surface area contributed by atoms with Gasteiger partial charge in [0.05, 0.1) is 0 Å². The third kappa shape index (κ3) is 7.34. The lowest BCUT2D eigenvalue weighted by Crippen LogP contribution is -2.43. The van der Waals surface area contributed by atoms with Crippen molar-refractivity contribution in [2.45, 2.75) is 19.9 Å². The molecule has 0 saturated carbocycles. The summed E-state index contributed by atoms with van der Waals surface area (Å²) in [6.07, 6.45) is 0.318. The zero-order chi connectivity index (χ0) is 27.7. The predicted octanol–water partition coefficient (Wildman–Crippen LogP) is 5.26. The van der Waals surface area contributed by atoms with Gasteiger partial charge in [0.15, 0.2) is 0 Å². The Morgan fingerprint density at radius 3 is 2.45 bits per heavy atom. The zero-order valence-electron chi connectivity index (χ0n) is 21.9. The molecule has 204 valence electrons. The van der Waals surface area contributed by atoms with Crippen molar-refractivity contribution in [2.24, 2.45) is 0 Å². The first kappa shape index (κ1) is 28.7. The summed E-state index contributed by atoms with van der Waals surface area (Å²) in [6.45, 7) is 12.1. The normalized spacial score (nSPS) is 13.6. The molecule has 0 spiro atoms. The number of halogens is 3. The summed E-state index contributed by atoms with van der Waals surface area (Å²) >= 11 is 0. The molecule has 0 atom stereocenters. The van der Waals surface area contributed by atoms with Crippen LogP contribution in [0.5, 0.6) is 0 Å². The summed E-state index contributed by atoms with van der Waals surface area (Å²) in [5.41, 5.74) is 3.04. The SMILES string of the molecule is C=CN1CCN(CC)CC1.CNc1cc(N(C)Cc2ccc(-c3nnc(C(F)F)o3)cc2F)ccc1C=N. The highest BCUT2D eigenvalue weighted by Crippen LogP contribution is 2.27. The maximum Gasteiger partial charge on any atom is 0.314 e. The third-order valence-electron chi connectivity index (χ3n) is 6.35. The number of aromatic nitrogens is 2. The van der Waals surface area contributed by atoms with Crippen LogP contribution in [0, 0.1) is 11.2 Å². The van der Waals surface area contributed by atoms with Gasteiger partial charge in [-0.15, -0.1) is 10.2 Å². The number of nitrogens with zero attached hydrogens (tertiary/aromatic N) is 5. The Morgan fingerprint density at radius 1 is 1.16 bits per heavy atom. The molecule has 0 radical (unpaired) electrons. The van der Waals surface area contributed by atoms with E-state index in [0.717, 1.165) is 30.0 Å². The highest BCUT2D eigenvalue weighted by Gasteiger charge is 2.18. The summed E-state index contributed by atoms with van der Waals surface area (Å²) < 4.78 is 44.5. The molecule has 1 fully saturated rings. The van der Waals surface area contributed by atoms with Gasteiger partial charge in [-0.2, -0.15) is 8.78 Å². The van der Waals surface area contributed by atoms with Crippen LogP contribution < -0.4 is 10.2 Å². The van der Waals surface area contributed by atoms with Crippen LogP contribution >= 0.6 is 0 Å². The molecule has 1 saturated heterocycles. The number of benzene rings is 2. The van der Waals surface area contributed by atoms with Crippen LogP contribution in [0.1, 0.15) is 30.4 Å². The number of anilines is 2. The van der Waals surface area contributed by atoms with Crippen LogP contribution in [-0.2, 0) is 6.54 Å². The third-order valence-corrected chi connectivity index (χ3v) is 6.35. The van der Waals surface area contributed by atoms with E-state index in [1.54, 1.807) is 25.2 Å². The molecule has 4 rings (SSSR count). The van der Waals surface area contributed by atoms with Crippen molar-refractivity contribution in [3.63, 3.8) is 0 Å². The number of piperazine rings is 1. The highest BCUT2D eigenvalue weighted by molar-refractivity contribution is 5.87. The van der Waals surface area contributed by atoms with Crippen LogP contribution in [-0.4, -0.2) is 73.0 Å². The molecule has 0 amide bonds. The molecule has 1 aliphatic heterocycles. The van der Waals surface area contributed by atoms with E-state index >= 15 is 0 Å². The monoisotopic (exact) mass is 529 g/mol. The minimum atomic E-state index is -2.87. The lowest BCUT2D eigenvalue weighted by atomic mass is 10.1. The van der Waals surface area contributed by atoms with Crippen LogP contribution in [0.2, 0.25) is 0 Å². The summed E-state index contributed by atoms with van der Waals surface area (Å²) in [4.78, 5) is 6.58. The van der Waals surface area contributed by atoms with Crippen molar-refractivity contribution in [2.75, 3.05) is 57.0 Å². The van der Waals surface area contributed by atoms with Gasteiger partial charge >= 0.3 is 6.43 Å². The first-order chi connectivity index (χ1) is 18.3. The van der Waals surface area contributed by atoms with E-state index in [-0.39, 0.29) is 18.0 Å². The molecule has 11 heteroatoms. The maximum absolute atomic E-state index is 14.5. The first-order valence-electron chi connectivity index (χ1n) is 12.3. The average Bonchev–Trinajstić information content (AvgIpc) is 3.45. The molecule has 0 bridgehead atoms. The number of rotatable bonds is 9. The Morgan fingerprint density at radius 2 is 1.89 bits per heavy atom. The van der Waals surface area contributed by atoms with E-state index in [1.807, 2.05) is 30.3 Å². The molecule has 0 unspecified atom stereocenters. The molecule has 3 aromatic rings. The molecule has 2 heterocycles. The number of nitrogens with one attached hydrogen (secondary N) is 2. The zero-order valence-corrected chi connectivity index (χ0v) is 21.9. The molecular weight excluding hydrogens is 495 g/mol. The standard InChI is InChI=1S/C19H18F3N5O.C8H16N2/c1-24-16-8-14(6-5-12(16)9-23)27(2)10-13-4-3-11(7-15(13)20)18-25-26-19(28-18)17(21)22;1-3-9-5-7-10(4-2)8-6-9/h3-9,17,23-24H,10H2,1-2H3;3H,1,4-8H2,2H3. The lowest BCUT2D eigenvalue weighted by molar-refractivity contribution is 0.116. The van der Waals surface area contributed by atoms with Crippen molar-refractivity contribution in [3.05, 3.63) is 72.0 Å². The predicted molar refractivity (Wildman–Crippen MR) is 145 cm³/mol. The van der Waals surface area contributed by atoms with E-state index in [9.17, 15) is 13.2 Å². The fourth-order valence-corrected chi connectivity index (χ4v) is 3.98. The molecule has 1 aliphatic rings. The maximum atomic E-state index is 14.5. The molecule has 0 aliphatic carbocycles. The fourth-order valence-electron chi connectivity index (χ4n) is 3.98. The van der Waals surface area contributed by atoms with Gasteiger partial charge < -0.3 is 29.8 Å². The van der Waals surface area contributed by atoms with Gasteiger partial charge in [-0.1, -0.05) is 19.6 Å². The van der Waals surface area contributed by atoms with Gasteiger partial charge in [-0.3, -0.25) is 0 Å². The molecule has 2 N–H and O–H groups in total. The van der Waals surface area contributed by atoms with Gasteiger partial charge in [-0.05, 0) is 43.1 Å². The van der Waals surface area contributed by atoms with Crippen LogP contribution in [0.25, 0.3) is 11.5 Å². The van der Waals surface area contributed by atoms with E-state index in [4.69, 9.17) is 9.83 Å². The topological polar surface area (TPSA) is 84.5 Å². The van der Waals surface area contributed by atoms with Crippen molar-refractivity contribution < 1.29 is 17.6 Å². The van der Waals surface area contributed by atoms with E-state index < -0.39 is 18.1 Å². The van der Waals surface area contributed by atoms with Gasteiger partial charge in [0.2, 0.25) is 5.89 Å². The van der Waals surface area contributed by atoms with E-state index in [0.29, 0.717) is 5.56 Å². The van der Waals surface area contributed by atoms with Crippen LogP contribution in [0.4, 0.5) is 24.5 Å². The smallest absolute Gasteiger partial charge is 0.314 e. The first-order valence-corrected chi connectivity index (χ1v) is 12.3. The van der Waals surface area contributed by atoms with E-state index in [2.05, 4.69) is 38.8 Å². The van der Waals surface area contributed by atoms with Gasteiger partial charge in [-0.25, -0.2) is 4.39 Å². The molecule has 8 nitrogen and oxygen atoms in total. The summed E-state index contributed by atoms with van der Waals surface area (Å²) in [5.74, 6) is -1.46. The van der Waals surface area contributed by atoms with Gasteiger partial charge in [0.1, 0.15) is 5.82 Å². The fraction of sp³-hybridized carbons (Fsp3) is 0.370. The Balaban J connectivity index is 0.000000336. The van der Waals surface area contributed by atoms with E-state index in [1.165, 1.54) is 31.9 Å². The second kappa shape index (κ2) is 13.6. The van der Waals surface area contributed by atoms with Crippen molar-refractivity contribution in [3.8, 4) is 11.5 Å². The minimum absolute atomic E-state index is 0.157. The summed E-state index contributed by atoms with van der Waals surface area (Å²) in [5, 5.41) is 17.2. The van der Waals surface area contributed by atoms with Crippen molar-refractivity contribution in [1.29, 1.82) is 5.41 Å². The molecule has 1 aromatic heterocycles.